The van der Waals surface area contributed by atoms with Gasteiger partial charge in [-0.1, -0.05) is 26.0 Å². The second-order valence-electron chi connectivity index (χ2n) is 4.27. The Balaban J connectivity index is 2.63. The molecule has 0 spiro atoms. The van der Waals surface area contributed by atoms with Crippen LogP contribution in [0.5, 0.6) is 0 Å². The highest BCUT2D eigenvalue weighted by molar-refractivity contribution is 9.10. The minimum Gasteiger partial charge on any atom is -0.325 e. The molecule has 0 saturated carbocycles. The molecule has 0 aromatic heterocycles. The van der Waals surface area contributed by atoms with Crippen LogP contribution in [-0.2, 0) is 10.2 Å². The van der Waals surface area contributed by atoms with E-state index in [2.05, 4.69) is 41.2 Å². The highest BCUT2D eigenvalue weighted by Crippen LogP contribution is 2.40. The summed E-state index contributed by atoms with van der Waals surface area (Å²) in [6.07, 6.45) is 0.552. The van der Waals surface area contributed by atoms with Gasteiger partial charge in [-0.05, 0) is 27.6 Å². The molecule has 1 aliphatic rings. The highest BCUT2D eigenvalue weighted by Gasteiger charge is 2.32. The Morgan fingerprint density at radius 2 is 2.14 bits per heavy atom. The van der Waals surface area contributed by atoms with Crippen LogP contribution >= 0.6 is 15.9 Å². The maximum Gasteiger partial charge on any atom is 0.225 e. The van der Waals surface area contributed by atoms with Gasteiger partial charge in [0.15, 0.2) is 0 Å². The van der Waals surface area contributed by atoms with Gasteiger partial charge in [-0.15, -0.1) is 0 Å². The molecule has 1 N–H and O–H groups in total. The van der Waals surface area contributed by atoms with E-state index in [1.807, 2.05) is 12.1 Å². The van der Waals surface area contributed by atoms with E-state index in [1.54, 1.807) is 0 Å². The number of anilines is 1. The first-order valence-corrected chi connectivity index (χ1v) is 5.39. The molecular formula is C11H12BrNO. The van der Waals surface area contributed by atoms with E-state index in [0.29, 0.717) is 6.42 Å². The van der Waals surface area contributed by atoms with Crippen molar-refractivity contribution in [2.75, 3.05) is 5.32 Å². The first-order valence-electron chi connectivity index (χ1n) is 4.59. The number of amides is 1. The number of halogens is 1. The summed E-state index contributed by atoms with van der Waals surface area (Å²) in [7, 11) is 0. The Morgan fingerprint density at radius 3 is 2.86 bits per heavy atom. The smallest absolute Gasteiger partial charge is 0.225 e. The van der Waals surface area contributed by atoms with E-state index in [9.17, 15) is 4.79 Å². The summed E-state index contributed by atoms with van der Waals surface area (Å²) in [6.45, 7) is 4.19. The molecule has 0 atom stereocenters. The zero-order valence-electron chi connectivity index (χ0n) is 8.23. The lowest BCUT2D eigenvalue weighted by molar-refractivity contribution is -0.117. The van der Waals surface area contributed by atoms with Gasteiger partial charge >= 0.3 is 0 Å². The van der Waals surface area contributed by atoms with Crippen molar-refractivity contribution in [2.24, 2.45) is 0 Å². The summed E-state index contributed by atoms with van der Waals surface area (Å²) in [4.78, 5) is 11.5. The first kappa shape index (κ1) is 9.71. The molecule has 1 aromatic rings. The number of nitrogens with one attached hydrogen (secondary N) is 1. The summed E-state index contributed by atoms with van der Waals surface area (Å²) in [5, 5.41) is 2.90. The standard InChI is InChI=1S/C11H12BrNO/c1-11(2)6-9(14)13-10-7(11)4-3-5-8(10)12/h3-5H,6H2,1-2H3,(H,13,14). The summed E-state index contributed by atoms with van der Waals surface area (Å²) in [5.74, 6) is 0.0920. The molecule has 3 heteroatoms. The monoisotopic (exact) mass is 253 g/mol. The molecule has 1 aromatic carbocycles. The lowest BCUT2D eigenvalue weighted by Crippen LogP contribution is -2.32. The second kappa shape index (κ2) is 3.09. The number of hydrogen-bond acceptors (Lipinski definition) is 1. The number of hydrogen-bond donors (Lipinski definition) is 1. The Hall–Kier alpha value is -0.830. The van der Waals surface area contributed by atoms with Crippen LogP contribution in [0.3, 0.4) is 0 Å². The summed E-state index contributed by atoms with van der Waals surface area (Å²) >= 11 is 3.45. The van der Waals surface area contributed by atoms with E-state index in [1.165, 1.54) is 5.56 Å². The van der Waals surface area contributed by atoms with Gasteiger partial charge in [-0.2, -0.15) is 0 Å². The van der Waals surface area contributed by atoms with E-state index in [-0.39, 0.29) is 11.3 Å². The van der Waals surface area contributed by atoms with Crippen molar-refractivity contribution in [3.8, 4) is 0 Å². The van der Waals surface area contributed by atoms with Gasteiger partial charge in [-0.3, -0.25) is 4.79 Å². The zero-order chi connectivity index (χ0) is 10.3. The molecule has 0 unspecified atom stereocenters. The van der Waals surface area contributed by atoms with Gasteiger partial charge in [0.05, 0.1) is 5.69 Å². The molecule has 0 saturated heterocycles. The molecular weight excluding hydrogens is 242 g/mol. The maximum atomic E-state index is 11.5. The van der Waals surface area contributed by atoms with Crippen LogP contribution in [0.15, 0.2) is 22.7 Å². The van der Waals surface area contributed by atoms with Crippen LogP contribution in [0, 0.1) is 0 Å². The normalized spacial score (nSPS) is 18.6. The highest BCUT2D eigenvalue weighted by atomic mass is 79.9. The number of carbonyl (C=O) groups is 1. The van der Waals surface area contributed by atoms with Crippen LogP contribution in [0.25, 0.3) is 0 Å². The topological polar surface area (TPSA) is 29.1 Å². The van der Waals surface area contributed by atoms with Crippen molar-refractivity contribution in [1.29, 1.82) is 0 Å². The predicted molar refractivity (Wildman–Crippen MR) is 60.4 cm³/mol. The summed E-state index contributed by atoms with van der Waals surface area (Å²) in [6, 6.07) is 6.02. The quantitative estimate of drug-likeness (QED) is 0.757. The number of benzene rings is 1. The van der Waals surface area contributed by atoms with Crippen molar-refractivity contribution in [3.63, 3.8) is 0 Å². The minimum absolute atomic E-state index is 0.0680. The van der Waals surface area contributed by atoms with Gasteiger partial charge in [0.1, 0.15) is 0 Å². The first-order chi connectivity index (χ1) is 6.50. The Labute approximate surface area is 91.8 Å². The Kier molecular flexibility index (Phi) is 2.14. The lowest BCUT2D eigenvalue weighted by atomic mass is 9.78. The zero-order valence-corrected chi connectivity index (χ0v) is 9.81. The molecule has 1 aliphatic heterocycles. The number of para-hydroxylation sites is 1. The average Bonchev–Trinajstić information content (AvgIpc) is 2.05. The molecule has 0 aliphatic carbocycles. The molecule has 74 valence electrons. The van der Waals surface area contributed by atoms with Crippen molar-refractivity contribution in [1.82, 2.24) is 0 Å². The fourth-order valence-corrected chi connectivity index (χ4v) is 2.36. The van der Waals surface area contributed by atoms with Crippen LogP contribution < -0.4 is 5.32 Å². The number of carbonyl (C=O) groups excluding carboxylic acids is 1. The van der Waals surface area contributed by atoms with E-state index >= 15 is 0 Å². The van der Waals surface area contributed by atoms with Crippen LogP contribution in [0.2, 0.25) is 0 Å². The van der Waals surface area contributed by atoms with E-state index < -0.39 is 0 Å². The molecule has 2 rings (SSSR count). The average molecular weight is 254 g/mol. The van der Waals surface area contributed by atoms with Crippen LogP contribution in [0.1, 0.15) is 25.8 Å². The molecule has 0 radical (unpaired) electrons. The third-order valence-electron chi connectivity index (χ3n) is 2.61. The van der Waals surface area contributed by atoms with E-state index in [4.69, 9.17) is 0 Å². The SMILES string of the molecule is CC1(C)CC(=O)Nc2c(Br)cccc21. The lowest BCUT2D eigenvalue weighted by Gasteiger charge is -2.32. The molecule has 2 nitrogen and oxygen atoms in total. The maximum absolute atomic E-state index is 11.5. The molecule has 14 heavy (non-hydrogen) atoms. The van der Waals surface area contributed by atoms with Crippen LogP contribution in [0.4, 0.5) is 5.69 Å². The summed E-state index contributed by atoms with van der Waals surface area (Å²) < 4.78 is 0.955. The molecule has 1 amide bonds. The molecule has 1 heterocycles. The number of fused-ring (bicyclic) bond motifs is 1. The largest absolute Gasteiger partial charge is 0.325 e. The Bertz CT molecular complexity index is 398. The third-order valence-corrected chi connectivity index (χ3v) is 3.27. The van der Waals surface area contributed by atoms with Crippen molar-refractivity contribution < 1.29 is 4.79 Å². The van der Waals surface area contributed by atoms with Gasteiger partial charge in [0.25, 0.3) is 0 Å². The van der Waals surface area contributed by atoms with Crippen molar-refractivity contribution in [2.45, 2.75) is 25.7 Å². The van der Waals surface area contributed by atoms with Gasteiger partial charge in [0.2, 0.25) is 5.91 Å². The third kappa shape index (κ3) is 1.46. The van der Waals surface area contributed by atoms with Gasteiger partial charge in [-0.25, -0.2) is 0 Å². The second-order valence-corrected chi connectivity index (χ2v) is 5.13. The Morgan fingerprint density at radius 1 is 1.43 bits per heavy atom. The number of rotatable bonds is 0. The van der Waals surface area contributed by atoms with Crippen LogP contribution in [-0.4, -0.2) is 5.91 Å². The fraction of sp³-hybridized carbons (Fsp3) is 0.364. The predicted octanol–water partition coefficient (Wildman–Crippen LogP) is 3.07. The fourth-order valence-electron chi connectivity index (χ4n) is 1.90. The molecule has 0 fully saturated rings. The van der Waals surface area contributed by atoms with Gasteiger partial charge < -0.3 is 5.32 Å². The van der Waals surface area contributed by atoms with Crippen molar-refractivity contribution >= 4 is 27.5 Å². The van der Waals surface area contributed by atoms with Gasteiger partial charge in [0, 0.05) is 16.3 Å². The van der Waals surface area contributed by atoms with E-state index in [0.717, 1.165) is 10.2 Å². The van der Waals surface area contributed by atoms with Crippen molar-refractivity contribution in [3.05, 3.63) is 28.2 Å². The molecule has 0 bridgehead atoms. The summed E-state index contributed by atoms with van der Waals surface area (Å²) in [5.41, 5.74) is 2.06. The minimum atomic E-state index is -0.0680.